The number of ether oxygens (including phenoxy) is 1. The zero-order valence-corrected chi connectivity index (χ0v) is 22.2. The number of hydrogen-bond donors (Lipinski definition) is 3. The minimum Gasteiger partial charge on any atom is -0.406 e. The molecule has 1 amide bonds. The lowest BCUT2D eigenvalue weighted by molar-refractivity contribution is -0.274. The van der Waals surface area contributed by atoms with Crippen LogP contribution < -0.4 is 15.4 Å². The first kappa shape index (κ1) is 28.3. The molecule has 0 saturated carbocycles. The number of amides is 1. The first-order valence-electron chi connectivity index (χ1n) is 11.9. The van der Waals surface area contributed by atoms with Crippen molar-refractivity contribution >= 4 is 29.9 Å². The van der Waals surface area contributed by atoms with Crippen molar-refractivity contribution in [3.63, 3.8) is 0 Å². The number of anilines is 2. The summed E-state index contributed by atoms with van der Waals surface area (Å²) >= 11 is 4.37. The van der Waals surface area contributed by atoms with Gasteiger partial charge in [-0.2, -0.15) is 5.26 Å². The molecule has 4 aromatic rings. The van der Waals surface area contributed by atoms with Crippen LogP contribution in [-0.2, 0) is 4.79 Å². The molecule has 0 atom stereocenters. The Labute approximate surface area is 233 Å². The molecule has 0 bridgehead atoms. The molecule has 1 aromatic heterocycles. The van der Waals surface area contributed by atoms with E-state index in [0.717, 1.165) is 11.3 Å². The Bertz CT molecular complexity index is 1570. The van der Waals surface area contributed by atoms with Gasteiger partial charge in [-0.1, -0.05) is 32.0 Å². The lowest BCUT2D eigenvalue weighted by Gasteiger charge is -2.15. The molecule has 2 N–H and O–H groups in total. The van der Waals surface area contributed by atoms with Gasteiger partial charge in [0.1, 0.15) is 23.7 Å². The third kappa shape index (κ3) is 7.00. The second-order valence-electron chi connectivity index (χ2n) is 8.79. The molecule has 0 spiro atoms. The van der Waals surface area contributed by atoms with E-state index < -0.39 is 12.3 Å². The summed E-state index contributed by atoms with van der Waals surface area (Å²) in [6.45, 7) is 4.08. The summed E-state index contributed by atoms with van der Waals surface area (Å²) in [5.41, 5.74) is 3.14. The fourth-order valence-electron chi connectivity index (χ4n) is 3.73. The first-order valence-corrected chi connectivity index (χ1v) is 12.4. The first-order chi connectivity index (χ1) is 19.0. The lowest BCUT2D eigenvalue weighted by atomic mass is 10.0. The van der Waals surface area contributed by atoms with Crippen LogP contribution in [0.15, 0.2) is 89.7 Å². The van der Waals surface area contributed by atoms with E-state index in [1.165, 1.54) is 35.3 Å². The summed E-state index contributed by atoms with van der Waals surface area (Å²) in [6, 6.07) is 21.3. The number of halogens is 3. The number of nitriles is 1. The number of thiol groups is 1. The van der Waals surface area contributed by atoms with Crippen molar-refractivity contribution in [1.29, 1.82) is 5.26 Å². The van der Waals surface area contributed by atoms with Crippen LogP contribution in [0, 0.1) is 11.3 Å². The molecule has 8 nitrogen and oxygen atoms in total. The van der Waals surface area contributed by atoms with Crippen LogP contribution in [0.4, 0.5) is 24.5 Å². The van der Waals surface area contributed by atoms with Gasteiger partial charge in [-0.25, -0.2) is 9.67 Å². The highest BCUT2D eigenvalue weighted by Gasteiger charge is 2.31. The molecule has 0 radical (unpaired) electrons. The van der Waals surface area contributed by atoms with Gasteiger partial charge in [0, 0.05) is 16.9 Å². The zero-order chi connectivity index (χ0) is 28.9. The van der Waals surface area contributed by atoms with E-state index in [9.17, 15) is 23.2 Å². The Hall–Kier alpha value is -4.76. The fourth-order valence-corrected chi connectivity index (χ4v) is 4.00. The van der Waals surface area contributed by atoms with Crippen molar-refractivity contribution in [2.45, 2.75) is 26.1 Å². The average molecular weight is 565 g/mol. The third-order valence-electron chi connectivity index (χ3n) is 5.64. The van der Waals surface area contributed by atoms with Gasteiger partial charge < -0.3 is 15.4 Å². The van der Waals surface area contributed by atoms with E-state index in [-0.39, 0.29) is 22.3 Å². The molecule has 0 unspecified atom stereocenters. The van der Waals surface area contributed by atoms with Crippen LogP contribution in [0.2, 0.25) is 0 Å². The number of nitrogens with one attached hydrogen (secondary N) is 2. The fraction of sp³-hybridized carbons (Fsp3) is 0.143. The quantitative estimate of drug-likeness (QED) is 0.125. The highest BCUT2D eigenvalue weighted by atomic mass is 32.1. The third-order valence-corrected chi connectivity index (χ3v) is 5.97. The molecule has 0 aliphatic carbocycles. The normalized spacial score (nSPS) is 11.9. The number of aromatic nitrogens is 3. The van der Waals surface area contributed by atoms with E-state index in [1.54, 1.807) is 24.3 Å². The topological polar surface area (TPSA) is 105 Å². The summed E-state index contributed by atoms with van der Waals surface area (Å²) in [6.07, 6.45) is -3.35. The van der Waals surface area contributed by atoms with Crippen molar-refractivity contribution in [3.8, 4) is 28.9 Å². The Morgan fingerprint density at radius 3 is 2.33 bits per heavy atom. The molecule has 12 heteroatoms. The summed E-state index contributed by atoms with van der Waals surface area (Å²) in [5.74, 6) is -0.390. The maximum atomic E-state index is 12.8. The largest absolute Gasteiger partial charge is 0.573 e. The van der Waals surface area contributed by atoms with Crippen molar-refractivity contribution in [2.75, 3.05) is 10.6 Å². The number of carbonyl (C=O) groups excluding carboxylic acids is 1. The molecule has 0 aliphatic rings. The monoisotopic (exact) mass is 564 g/mol. The number of alkyl halides is 3. The summed E-state index contributed by atoms with van der Waals surface area (Å²) in [4.78, 5) is 17.1. The molecular weight excluding hydrogens is 541 g/mol. The van der Waals surface area contributed by atoms with Crippen molar-refractivity contribution < 1.29 is 22.7 Å². The number of nitrogens with zero attached hydrogens (tertiary/aromatic N) is 4. The predicted molar refractivity (Wildman–Crippen MR) is 148 cm³/mol. The molecule has 4 rings (SSSR count). The van der Waals surface area contributed by atoms with E-state index in [0.29, 0.717) is 22.8 Å². The van der Waals surface area contributed by atoms with Crippen LogP contribution in [0.3, 0.4) is 0 Å². The van der Waals surface area contributed by atoms with Gasteiger partial charge in [-0.3, -0.25) is 4.79 Å². The Kier molecular flexibility index (Phi) is 8.45. The highest BCUT2D eigenvalue weighted by molar-refractivity contribution is 7.84. The molecule has 40 heavy (non-hydrogen) atoms. The SMILES string of the molecule is CC(C)c1ccccc1NC(S)=C(C#N)C(=O)Nc1ccc(-c2ncn(-c3ccc(OC(F)(F)F)cc3)n2)cc1. The smallest absolute Gasteiger partial charge is 0.406 e. The van der Waals surface area contributed by atoms with Crippen LogP contribution in [0.1, 0.15) is 25.3 Å². The minimum atomic E-state index is -4.77. The number of carbonyl (C=O) groups is 1. The average Bonchev–Trinajstić information content (AvgIpc) is 3.39. The number of para-hydroxylation sites is 1. The second kappa shape index (κ2) is 12.0. The van der Waals surface area contributed by atoms with E-state index in [2.05, 4.69) is 38.1 Å². The van der Waals surface area contributed by atoms with Crippen LogP contribution in [0.25, 0.3) is 17.1 Å². The minimum absolute atomic E-state index is 0.123. The predicted octanol–water partition coefficient (Wildman–Crippen LogP) is 6.67. The zero-order valence-electron chi connectivity index (χ0n) is 21.3. The maximum absolute atomic E-state index is 12.8. The molecule has 0 aliphatic heterocycles. The van der Waals surface area contributed by atoms with Crippen LogP contribution >= 0.6 is 12.6 Å². The van der Waals surface area contributed by atoms with Crippen molar-refractivity contribution in [3.05, 3.63) is 95.3 Å². The number of hydrogen-bond acceptors (Lipinski definition) is 7. The highest BCUT2D eigenvalue weighted by Crippen LogP contribution is 2.27. The van der Waals surface area contributed by atoms with Crippen LogP contribution in [0.5, 0.6) is 5.75 Å². The molecule has 0 saturated heterocycles. The Morgan fingerprint density at radius 2 is 1.70 bits per heavy atom. The van der Waals surface area contributed by atoms with Crippen LogP contribution in [-0.4, -0.2) is 27.0 Å². The van der Waals surface area contributed by atoms with Gasteiger partial charge >= 0.3 is 6.36 Å². The molecule has 1 heterocycles. The van der Waals surface area contributed by atoms with Gasteiger partial charge in [0.15, 0.2) is 5.82 Å². The van der Waals surface area contributed by atoms with E-state index in [4.69, 9.17) is 0 Å². The van der Waals surface area contributed by atoms with Gasteiger partial charge in [0.05, 0.1) is 10.7 Å². The second-order valence-corrected chi connectivity index (χ2v) is 9.24. The van der Waals surface area contributed by atoms with Gasteiger partial charge in [0.2, 0.25) is 0 Å². The molecular formula is C28H23F3N6O2S. The Morgan fingerprint density at radius 1 is 1.02 bits per heavy atom. The van der Waals surface area contributed by atoms with Crippen molar-refractivity contribution in [1.82, 2.24) is 14.8 Å². The number of rotatable bonds is 8. The van der Waals surface area contributed by atoms with Crippen molar-refractivity contribution in [2.24, 2.45) is 0 Å². The maximum Gasteiger partial charge on any atom is 0.573 e. The summed E-state index contributed by atoms with van der Waals surface area (Å²) < 4.78 is 42.4. The lowest BCUT2D eigenvalue weighted by Crippen LogP contribution is -2.17. The summed E-state index contributed by atoms with van der Waals surface area (Å²) in [5, 5.41) is 19.8. The molecule has 0 fully saturated rings. The van der Waals surface area contributed by atoms with E-state index in [1.807, 2.05) is 44.2 Å². The van der Waals surface area contributed by atoms with Gasteiger partial charge in [0.25, 0.3) is 5.91 Å². The molecule has 3 aromatic carbocycles. The summed E-state index contributed by atoms with van der Waals surface area (Å²) in [7, 11) is 0. The van der Waals surface area contributed by atoms with E-state index >= 15 is 0 Å². The standard InChI is InChI=1S/C28H23F3N6O2S/c1-17(2)22-5-3-4-6-24(22)35-27(40)23(15-32)26(38)34-19-9-7-18(8-10-19)25-33-16-37(36-25)20-11-13-21(14-12-20)39-28(29,30)31/h3-14,16-17,35,40H,1-2H3,(H,34,38). The molecule has 204 valence electrons. The number of benzene rings is 3. The Balaban J connectivity index is 1.44. The van der Waals surface area contributed by atoms with Gasteiger partial charge in [-0.15, -0.1) is 30.9 Å². The van der Waals surface area contributed by atoms with Gasteiger partial charge in [-0.05, 0) is 66.1 Å².